The predicted octanol–water partition coefficient (Wildman–Crippen LogP) is 4.22. The Labute approximate surface area is 207 Å². The van der Waals surface area contributed by atoms with Crippen LogP contribution >= 0.6 is 0 Å². The summed E-state index contributed by atoms with van der Waals surface area (Å²) in [6, 6.07) is 15.9. The van der Waals surface area contributed by atoms with E-state index in [1.54, 1.807) is 12.1 Å². The summed E-state index contributed by atoms with van der Waals surface area (Å²) in [5.41, 5.74) is 2.94. The third-order valence-electron chi connectivity index (χ3n) is 7.55. The zero-order valence-corrected chi connectivity index (χ0v) is 21.1. The standard InChI is InChI=1S/C27H34N4O3S/c1-20-29-25-19-24(11-12-26(25)31(20)23-9-5-6-10-23)35(33,34)30-17-14-22(15-18-30)27(32)28-16-13-21-7-3-2-4-8-21/h2-4,7-8,11-12,19,22-23H,5-6,9-10,13-18H2,1H3,(H,28,32). The Kier molecular flexibility index (Phi) is 6.93. The minimum Gasteiger partial charge on any atom is -0.356 e. The second kappa shape index (κ2) is 10.1. The summed E-state index contributed by atoms with van der Waals surface area (Å²) in [6.45, 7) is 3.30. The molecule has 0 bridgehead atoms. The number of carbonyl (C=O) groups excluding carboxylic acids is 1. The smallest absolute Gasteiger partial charge is 0.243 e. The van der Waals surface area contributed by atoms with Crippen LogP contribution < -0.4 is 5.32 Å². The summed E-state index contributed by atoms with van der Waals surface area (Å²) in [5.74, 6) is 0.817. The van der Waals surface area contributed by atoms with Gasteiger partial charge in [-0.05, 0) is 62.8 Å². The van der Waals surface area contributed by atoms with Crippen LogP contribution in [0.3, 0.4) is 0 Å². The number of hydrogen-bond donors (Lipinski definition) is 1. The highest BCUT2D eigenvalue weighted by Gasteiger charge is 2.32. The van der Waals surface area contributed by atoms with Gasteiger partial charge in [0.25, 0.3) is 0 Å². The molecule has 8 heteroatoms. The first kappa shape index (κ1) is 24.0. The molecule has 5 rings (SSSR count). The number of fused-ring (bicyclic) bond motifs is 1. The Balaban J connectivity index is 1.21. The Morgan fingerprint density at radius 1 is 1.03 bits per heavy atom. The molecule has 1 amide bonds. The lowest BCUT2D eigenvalue weighted by molar-refractivity contribution is -0.126. The van der Waals surface area contributed by atoms with Crippen LogP contribution in [-0.4, -0.2) is 47.8 Å². The minimum absolute atomic E-state index is 0.0207. The maximum atomic E-state index is 13.4. The van der Waals surface area contributed by atoms with Crippen molar-refractivity contribution in [1.29, 1.82) is 0 Å². The molecule has 0 atom stereocenters. The van der Waals surface area contributed by atoms with Crippen LogP contribution in [0.5, 0.6) is 0 Å². The molecule has 0 radical (unpaired) electrons. The fourth-order valence-corrected chi connectivity index (χ4v) is 7.10. The maximum Gasteiger partial charge on any atom is 0.243 e. The number of aromatic nitrogens is 2. The van der Waals surface area contributed by atoms with E-state index in [4.69, 9.17) is 0 Å². The molecule has 35 heavy (non-hydrogen) atoms. The van der Waals surface area contributed by atoms with Crippen LogP contribution in [0.4, 0.5) is 0 Å². The second-order valence-electron chi connectivity index (χ2n) is 9.82. The molecule has 1 aromatic heterocycles. The van der Waals surface area contributed by atoms with Crippen molar-refractivity contribution in [3.63, 3.8) is 0 Å². The van der Waals surface area contributed by atoms with Gasteiger partial charge in [0.15, 0.2) is 0 Å². The van der Waals surface area contributed by atoms with Crippen molar-refractivity contribution in [1.82, 2.24) is 19.2 Å². The van der Waals surface area contributed by atoms with Gasteiger partial charge in [0, 0.05) is 31.6 Å². The average molecular weight is 495 g/mol. The van der Waals surface area contributed by atoms with Crippen molar-refractivity contribution in [2.75, 3.05) is 19.6 Å². The normalized spacial score (nSPS) is 18.3. The van der Waals surface area contributed by atoms with Crippen LogP contribution in [0, 0.1) is 12.8 Å². The zero-order chi connectivity index (χ0) is 24.4. The van der Waals surface area contributed by atoms with Crippen molar-refractivity contribution in [3.05, 3.63) is 59.9 Å². The fraction of sp³-hybridized carbons (Fsp3) is 0.481. The van der Waals surface area contributed by atoms with Crippen LogP contribution in [0.25, 0.3) is 11.0 Å². The monoisotopic (exact) mass is 494 g/mol. The van der Waals surface area contributed by atoms with Gasteiger partial charge in [0.1, 0.15) is 5.82 Å². The molecule has 2 aromatic carbocycles. The van der Waals surface area contributed by atoms with Gasteiger partial charge in [-0.3, -0.25) is 4.79 Å². The summed E-state index contributed by atoms with van der Waals surface area (Å²) in [5, 5.41) is 3.02. The van der Waals surface area contributed by atoms with Crippen LogP contribution in [0.1, 0.15) is 56.0 Å². The number of imidazole rings is 1. The van der Waals surface area contributed by atoms with Crippen molar-refractivity contribution in [2.45, 2.75) is 62.8 Å². The molecule has 0 spiro atoms. The molecule has 2 aliphatic rings. The summed E-state index contributed by atoms with van der Waals surface area (Å²) in [4.78, 5) is 17.6. The van der Waals surface area contributed by atoms with E-state index in [2.05, 4.69) is 14.9 Å². The number of aryl methyl sites for hydroxylation is 1. The van der Waals surface area contributed by atoms with Gasteiger partial charge in [-0.2, -0.15) is 4.31 Å². The lowest BCUT2D eigenvalue weighted by Gasteiger charge is -2.30. The molecule has 1 aliphatic carbocycles. The average Bonchev–Trinajstić information content (AvgIpc) is 3.51. The third-order valence-corrected chi connectivity index (χ3v) is 9.44. The van der Waals surface area contributed by atoms with Gasteiger partial charge < -0.3 is 9.88 Å². The van der Waals surface area contributed by atoms with E-state index in [-0.39, 0.29) is 16.7 Å². The highest BCUT2D eigenvalue weighted by Crippen LogP contribution is 2.34. The van der Waals surface area contributed by atoms with Crippen molar-refractivity contribution in [3.8, 4) is 0 Å². The third kappa shape index (κ3) is 5.00. The molecule has 0 unspecified atom stereocenters. The number of benzene rings is 2. The number of sulfonamides is 1. The molecule has 1 N–H and O–H groups in total. The van der Waals surface area contributed by atoms with E-state index in [1.165, 1.54) is 22.7 Å². The minimum atomic E-state index is -3.63. The lowest BCUT2D eigenvalue weighted by atomic mass is 9.97. The molecule has 186 valence electrons. The van der Waals surface area contributed by atoms with E-state index in [0.29, 0.717) is 38.5 Å². The SMILES string of the molecule is Cc1nc2cc(S(=O)(=O)N3CCC(C(=O)NCCc4ccccc4)CC3)ccc2n1C1CCCC1. The summed E-state index contributed by atoms with van der Waals surface area (Å²) in [6.07, 6.45) is 6.64. The largest absolute Gasteiger partial charge is 0.356 e. The Bertz CT molecular complexity index is 1290. The number of carbonyl (C=O) groups is 1. The number of nitrogens with zero attached hydrogens (tertiary/aromatic N) is 3. The Morgan fingerprint density at radius 2 is 1.74 bits per heavy atom. The fourth-order valence-electron chi connectivity index (χ4n) is 5.61. The van der Waals surface area contributed by atoms with E-state index >= 15 is 0 Å². The van der Waals surface area contributed by atoms with Gasteiger partial charge in [-0.15, -0.1) is 0 Å². The maximum absolute atomic E-state index is 13.4. The van der Waals surface area contributed by atoms with Crippen molar-refractivity contribution < 1.29 is 13.2 Å². The van der Waals surface area contributed by atoms with Crippen LogP contribution in [-0.2, 0) is 21.2 Å². The van der Waals surface area contributed by atoms with Gasteiger partial charge >= 0.3 is 0 Å². The predicted molar refractivity (Wildman–Crippen MR) is 137 cm³/mol. The van der Waals surface area contributed by atoms with E-state index < -0.39 is 10.0 Å². The van der Waals surface area contributed by atoms with Crippen LogP contribution in [0.2, 0.25) is 0 Å². The summed E-state index contributed by atoms with van der Waals surface area (Å²) >= 11 is 0. The Hall–Kier alpha value is -2.71. The van der Waals surface area contributed by atoms with Gasteiger partial charge in [0.05, 0.1) is 15.9 Å². The van der Waals surface area contributed by atoms with E-state index in [1.807, 2.05) is 43.3 Å². The number of amides is 1. The second-order valence-corrected chi connectivity index (χ2v) is 11.8. The quantitative estimate of drug-likeness (QED) is 0.533. The Morgan fingerprint density at radius 3 is 2.46 bits per heavy atom. The first-order valence-electron chi connectivity index (χ1n) is 12.7. The number of hydrogen-bond acceptors (Lipinski definition) is 4. The first-order valence-corrected chi connectivity index (χ1v) is 14.2. The molecule has 1 saturated heterocycles. The molecule has 1 saturated carbocycles. The lowest BCUT2D eigenvalue weighted by Crippen LogP contribution is -2.43. The van der Waals surface area contributed by atoms with E-state index in [9.17, 15) is 13.2 Å². The van der Waals surface area contributed by atoms with Gasteiger partial charge in [0.2, 0.25) is 15.9 Å². The number of rotatable bonds is 7. The number of piperidine rings is 1. The van der Waals surface area contributed by atoms with E-state index in [0.717, 1.165) is 36.1 Å². The van der Waals surface area contributed by atoms with Crippen molar-refractivity contribution >= 4 is 27.0 Å². The van der Waals surface area contributed by atoms with Gasteiger partial charge in [-0.25, -0.2) is 13.4 Å². The molecular formula is C27H34N4O3S. The highest BCUT2D eigenvalue weighted by molar-refractivity contribution is 7.89. The molecular weight excluding hydrogens is 460 g/mol. The molecule has 3 aromatic rings. The topological polar surface area (TPSA) is 84.3 Å². The van der Waals surface area contributed by atoms with Gasteiger partial charge in [-0.1, -0.05) is 43.2 Å². The molecule has 2 fully saturated rings. The van der Waals surface area contributed by atoms with Crippen LogP contribution in [0.15, 0.2) is 53.4 Å². The number of nitrogens with one attached hydrogen (secondary N) is 1. The van der Waals surface area contributed by atoms with Crippen molar-refractivity contribution in [2.24, 2.45) is 5.92 Å². The highest BCUT2D eigenvalue weighted by atomic mass is 32.2. The molecule has 1 aliphatic heterocycles. The summed E-state index contributed by atoms with van der Waals surface area (Å²) in [7, 11) is -3.63. The summed E-state index contributed by atoms with van der Waals surface area (Å²) < 4.78 is 30.5. The molecule has 7 nitrogen and oxygen atoms in total. The first-order chi connectivity index (χ1) is 16.9. The molecule has 2 heterocycles. The zero-order valence-electron chi connectivity index (χ0n) is 20.3.